The van der Waals surface area contributed by atoms with Gasteiger partial charge in [0.25, 0.3) is 0 Å². The molecule has 0 saturated carbocycles. The zero-order valence-corrected chi connectivity index (χ0v) is 15.7. The van der Waals surface area contributed by atoms with Gasteiger partial charge in [0.05, 0.1) is 18.2 Å². The van der Waals surface area contributed by atoms with Crippen molar-refractivity contribution in [2.24, 2.45) is 13.0 Å². The minimum Gasteiger partial charge on any atom is -0.480 e. The standard InChI is InChI=1S/C17H28N4O4/c1-9(2)7-13(17(24)25)19-14(22)8-18-16(23)10(3)15-11(4)20-21(6)12(15)5/h9-10,13H,7-8H2,1-6H3,(H,18,23)(H,19,22)(H,24,25)/t10?,13-/m0/s1. The van der Waals surface area contributed by atoms with E-state index in [1.165, 1.54) is 0 Å². The van der Waals surface area contributed by atoms with Crippen molar-refractivity contribution in [1.29, 1.82) is 0 Å². The SMILES string of the molecule is Cc1nn(C)c(C)c1C(C)C(=O)NCC(=O)N[C@@H](CC(C)C)C(=O)O. The fourth-order valence-corrected chi connectivity index (χ4v) is 2.81. The monoisotopic (exact) mass is 352 g/mol. The van der Waals surface area contributed by atoms with Crippen LogP contribution in [0, 0.1) is 19.8 Å². The highest BCUT2D eigenvalue weighted by atomic mass is 16.4. The van der Waals surface area contributed by atoms with Crippen LogP contribution in [0.5, 0.6) is 0 Å². The summed E-state index contributed by atoms with van der Waals surface area (Å²) in [6.07, 6.45) is 0.333. The van der Waals surface area contributed by atoms with Gasteiger partial charge in [-0.1, -0.05) is 13.8 Å². The zero-order chi connectivity index (χ0) is 19.3. The Morgan fingerprint density at radius 3 is 2.24 bits per heavy atom. The molecule has 1 rings (SSSR count). The van der Waals surface area contributed by atoms with E-state index in [-0.39, 0.29) is 18.4 Å². The Bertz CT molecular complexity index is 651. The molecule has 0 aliphatic carbocycles. The summed E-state index contributed by atoms with van der Waals surface area (Å²) in [5.41, 5.74) is 2.51. The van der Waals surface area contributed by atoms with Crippen molar-refractivity contribution in [3.05, 3.63) is 17.0 Å². The Morgan fingerprint density at radius 2 is 1.80 bits per heavy atom. The third-order valence-corrected chi connectivity index (χ3v) is 4.15. The number of nitrogens with one attached hydrogen (secondary N) is 2. The summed E-state index contributed by atoms with van der Waals surface area (Å²) in [6, 6.07) is -0.954. The molecule has 25 heavy (non-hydrogen) atoms. The molecule has 3 N–H and O–H groups in total. The van der Waals surface area contributed by atoms with Crippen molar-refractivity contribution >= 4 is 17.8 Å². The van der Waals surface area contributed by atoms with E-state index in [0.29, 0.717) is 6.42 Å². The number of carboxylic acids is 1. The van der Waals surface area contributed by atoms with Gasteiger partial charge in [-0.3, -0.25) is 14.3 Å². The number of nitrogens with zero attached hydrogens (tertiary/aromatic N) is 2. The quantitative estimate of drug-likeness (QED) is 0.642. The average Bonchev–Trinajstić information content (AvgIpc) is 2.75. The van der Waals surface area contributed by atoms with Crippen LogP contribution >= 0.6 is 0 Å². The van der Waals surface area contributed by atoms with E-state index in [1.54, 1.807) is 11.6 Å². The maximum Gasteiger partial charge on any atom is 0.326 e. The molecule has 0 radical (unpaired) electrons. The first-order valence-electron chi connectivity index (χ1n) is 8.34. The normalized spacial score (nSPS) is 13.4. The Kier molecular flexibility index (Phi) is 7.14. The lowest BCUT2D eigenvalue weighted by atomic mass is 9.98. The molecular formula is C17H28N4O4. The number of hydrogen-bond acceptors (Lipinski definition) is 4. The maximum atomic E-state index is 12.3. The van der Waals surface area contributed by atoms with Crippen molar-refractivity contribution in [3.8, 4) is 0 Å². The summed E-state index contributed by atoms with van der Waals surface area (Å²) >= 11 is 0. The van der Waals surface area contributed by atoms with Crippen LogP contribution in [0.15, 0.2) is 0 Å². The van der Waals surface area contributed by atoms with E-state index in [2.05, 4.69) is 15.7 Å². The third-order valence-electron chi connectivity index (χ3n) is 4.15. The van der Waals surface area contributed by atoms with Crippen molar-refractivity contribution in [2.45, 2.75) is 53.0 Å². The fourth-order valence-electron chi connectivity index (χ4n) is 2.81. The first-order valence-corrected chi connectivity index (χ1v) is 8.34. The van der Waals surface area contributed by atoms with Crippen LogP contribution < -0.4 is 10.6 Å². The van der Waals surface area contributed by atoms with Gasteiger partial charge in [0.15, 0.2) is 0 Å². The van der Waals surface area contributed by atoms with Crippen molar-refractivity contribution < 1.29 is 19.5 Å². The van der Waals surface area contributed by atoms with Crippen LogP contribution in [0.1, 0.15) is 50.1 Å². The maximum absolute atomic E-state index is 12.3. The molecule has 2 atom stereocenters. The summed E-state index contributed by atoms with van der Waals surface area (Å²) in [5.74, 6) is -2.22. The molecule has 1 heterocycles. The highest BCUT2D eigenvalue weighted by molar-refractivity contribution is 5.90. The van der Waals surface area contributed by atoms with Crippen LogP contribution in [-0.4, -0.2) is 45.3 Å². The number of hydrogen-bond donors (Lipinski definition) is 3. The lowest BCUT2D eigenvalue weighted by molar-refractivity contribution is -0.142. The molecule has 8 nitrogen and oxygen atoms in total. The first kappa shape index (κ1) is 20.7. The van der Waals surface area contributed by atoms with Gasteiger partial charge in [0.2, 0.25) is 11.8 Å². The van der Waals surface area contributed by atoms with Gasteiger partial charge in [-0.05, 0) is 33.1 Å². The Hall–Kier alpha value is -2.38. The van der Waals surface area contributed by atoms with Gasteiger partial charge >= 0.3 is 5.97 Å². The molecule has 0 aromatic carbocycles. The second-order valence-electron chi connectivity index (χ2n) is 6.74. The number of aryl methyl sites for hydroxylation is 2. The molecule has 0 aliphatic heterocycles. The molecule has 8 heteroatoms. The molecular weight excluding hydrogens is 324 g/mol. The smallest absolute Gasteiger partial charge is 0.326 e. The summed E-state index contributed by atoms with van der Waals surface area (Å²) in [5, 5.41) is 18.4. The van der Waals surface area contributed by atoms with Crippen molar-refractivity contribution in [2.75, 3.05) is 6.54 Å². The molecule has 0 bridgehead atoms. The third kappa shape index (κ3) is 5.58. The molecule has 0 fully saturated rings. The zero-order valence-electron chi connectivity index (χ0n) is 15.7. The summed E-state index contributed by atoms with van der Waals surface area (Å²) in [4.78, 5) is 35.4. The average molecular weight is 352 g/mol. The molecule has 140 valence electrons. The van der Waals surface area contributed by atoms with Gasteiger partial charge in [0, 0.05) is 18.3 Å². The molecule has 0 aliphatic rings. The highest BCUT2D eigenvalue weighted by Gasteiger charge is 2.24. The summed E-state index contributed by atoms with van der Waals surface area (Å²) in [6.45, 7) is 8.97. The summed E-state index contributed by atoms with van der Waals surface area (Å²) < 4.78 is 1.71. The highest BCUT2D eigenvalue weighted by Crippen LogP contribution is 2.22. The number of carbonyl (C=O) groups is 3. The van der Waals surface area contributed by atoms with E-state index < -0.39 is 23.8 Å². The minimum atomic E-state index is -1.08. The van der Waals surface area contributed by atoms with Crippen LogP contribution in [0.4, 0.5) is 0 Å². The number of aliphatic carboxylic acids is 1. The number of aromatic nitrogens is 2. The van der Waals surface area contributed by atoms with E-state index in [0.717, 1.165) is 17.0 Å². The van der Waals surface area contributed by atoms with Crippen molar-refractivity contribution in [3.63, 3.8) is 0 Å². The molecule has 1 unspecified atom stereocenters. The Morgan fingerprint density at radius 1 is 1.20 bits per heavy atom. The van der Waals surface area contributed by atoms with Crippen molar-refractivity contribution in [1.82, 2.24) is 20.4 Å². The largest absolute Gasteiger partial charge is 0.480 e. The van der Waals surface area contributed by atoms with Gasteiger partial charge in [-0.25, -0.2) is 4.79 Å². The van der Waals surface area contributed by atoms with Crippen LogP contribution in [0.25, 0.3) is 0 Å². The fraction of sp³-hybridized carbons (Fsp3) is 0.647. The predicted molar refractivity (Wildman–Crippen MR) is 93.1 cm³/mol. The number of carbonyl (C=O) groups excluding carboxylic acids is 2. The Balaban J connectivity index is 2.63. The molecule has 0 saturated heterocycles. The predicted octanol–water partition coefficient (Wildman–Crippen LogP) is 0.872. The van der Waals surface area contributed by atoms with Gasteiger partial charge < -0.3 is 15.7 Å². The number of carboxylic acid groups (broad SMARTS) is 1. The molecule has 1 aromatic heterocycles. The van der Waals surface area contributed by atoms with E-state index in [4.69, 9.17) is 5.11 Å². The van der Waals surface area contributed by atoms with Gasteiger partial charge in [0.1, 0.15) is 6.04 Å². The number of amides is 2. The second-order valence-corrected chi connectivity index (χ2v) is 6.74. The Labute approximate surface area is 148 Å². The summed E-state index contributed by atoms with van der Waals surface area (Å²) in [7, 11) is 1.81. The lowest BCUT2D eigenvalue weighted by Gasteiger charge is -2.17. The van der Waals surface area contributed by atoms with Gasteiger partial charge in [-0.2, -0.15) is 5.10 Å². The van der Waals surface area contributed by atoms with Crippen LogP contribution in [0.3, 0.4) is 0 Å². The molecule has 1 aromatic rings. The van der Waals surface area contributed by atoms with E-state index >= 15 is 0 Å². The minimum absolute atomic E-state index is 0.132. The molecule has 0 spiro atoms. The van der Waals surface area contributed by atoms with Gasteiger partial charge in [-0.15, -0.1) is 0 Å². The van der Waals surface area contributed by atoms with Crippen LogP contribution in [-0.2, 0) is 21.4 Å². The molecule has 2 amide bonds. The lowest BCUT2D eigenvalue weighted by Crippen LogP contribution is -2.46. The first-order chi connectivity index (χ1) is 11.5. The van der Waals surface area contributed by atoms with E-state index in [9.17, 15) is 14.4 Å². The topological polar surface area (TPSA) is 113 Å². The second kappa shape index (κ2) is 8.64. The van der Waals surface area contributed by atoms with E-state index in [1.807, 2.05) is 34.7 Å². The van der Waals surface area contributed by atoms with Crippen LogP contribution in [0.2, 0.25) is 0 Å². The number of rotatable bonds is 8.